The summed E-state index contributed by atoms with van der Waals surface area (Å²) in [6, 6.07) is 1.64. The van der Waals surface area contributed by atoms with Gasteiger partial charge in [-0.1, -0.05) is 20.8 Å². The van der Waals surface area contributed by atoms with Gasteiger partial charge in [-0.15, -0.1) is 0 Å². The summed E-state index contributed by atoms with van der Waals surface area (Å²) in [4.78, 5) is 8.70. The third-order valence-electron chi connectivity index (χ3n) is 3.35. The molecule has 1 aromatic heterocycles. The third-order valence-corrected chi connectivity index (χ3v) is 5.25. The van der Waals surface area contributed by atoms with Crippen LogP contribution in [0.4, 0.5) is 11.6 Å². The van der Waals surface area contributed by atoms with E-state index in [0.717, 1.165) is 0 Å². The maximum absolute atomic E-state index is 11.6. The molecule has 1 fully saturated rings. The Labute approximate surface area is 120 Å². The van der Waals surface area contributed by atoms with Crippen molar-refractivity contribution in [3.63, 3.8) is 0 Å². The molecule has 1 aliphatic heterocycles. The number of nitrogens with zero attached hydrogens (tertiary/aromatic N) is 2. The first-order valence-corrected chi connectivity index (χ1v) is 8.45. The molecule has 0 radical (unpaired) electrons. The van der Waals surface area contributed by atoms with E-state index < -0.39 is 15.4 Å². The number of sulfone groups is 1. The Morgan fingerprint density at radius 2 is 2.00 bits per heavy atom. The number of hydrogen-bond donors (Lipinski definition) is 2. The van der Waals surface area contributed by atoms with E-state index >= 15 is 0 Å². The molecule has 0 amide bonds. The van der Waals surface area contributed by atoms with E-state index in [4.69, 9.17) is 5.73 Å². The van der Waals surface area contributed by atoms with Crippen LogP contribution < -0.4 is 11.1 Å². The van der Waals surface area contributed by atoms with E-state index in [1.165, 1.54) is 0 Å². The topological polar surface area (TPSA) is 98.0 Å². The average Bonchev–Trinajstić information content (AvgIpc) is 2.50. The predicted molar refractivity (Wildman–Crippen MR) is 80.4 cm³/mol. The minimum Gasteiger partial charge on any atom is -0.384 e. The molecule has 1 atom stereocenters. The number of nitrogens with one attached hydrogen (secondary N) is 1. The zero-order chi connectivity index (χ0) is 15.2. The lowest BCUT2D eigenvalue weighted by atomic mass is 9.95. The van der Waals surface area contributed by atoms with Crippen molar-refractivity contribution in [3.8, 4) is 0 Å². The van der Waals surface area contributed by atoms with Crippen LogP contribution in [0.15, 0.2) is 6.07 Å². The van der Waals surface area contributed by atoms with Crippen LogP contribution >= 0.6 is 0 Å². The number of aromatic nitrogens is 2. The van der Waals surface area contributed by atoms with Gasteiger partial charge in [0.1, 0.15) is 17.5 Å². The van der Waals surface area contributed by atoms with Crippen LogP contribution in [0.3, 0.4) is 0 Å². The first kappa shape index (κ1) is 15.0. The molecular formula is C13H22N4O2S. The summed E-state index contributed by atoms with van der Waals surface area (Å²) in [6.45, 7) is 7.92. The fourth-order valence-electron chi connectivity index (χ4n) is 2.28. The highest BCUT2D eigenvalue weighted by atomic mass is 32.2. The molecule has 20 heavy (non-hydrogen) atoms. The molecule has 2 heterocycles. The highest BCUT2D eigenvalue weighted by Gasteiger charge is 2.38. The third kappa shape index (κ3) is 3.39. The summed E-state index contributed by atoms with van der Waals surface area (Å²) in [6.07, 6.45) is 0.574. The highest BCUT2D eigenvalue weighted by Crippen LogP contribution is 2.28. The van der Waals surface area contributed by atoms with E-state index in [0.29, 0.717) is 23.9 Å². The quantitative estimate of drug-likeness (QED) is 0.855. The second kappa shape index (κ2) is 4.58. The lowest BCUT2D eigenvalue weighted by Gasteiger charge is -2.26. The first-order chi connectivity index (χ1) is 8.99. The Morgan fingerprint density at radius 1 is 1.35 bits per heavy atom. The van der Waals surface area contributed by atoms with Crippen LogP contribution in [0, 0.1) is 0 Å². The molecule has 1 saturated heterocycles. The molecule has 112 valence electrons. The van der Waals surface area contributed by atoms with Crippen LogP contribution in [-0.4, -0.2) is 35.4 Å². The van der Waals surface area contributed by atoms with Crippen LogP contribution in [0.2, 0.25) is 0 Å². The van der Waals surface area contributed by atoms with E-state index in [-0.39, 0.29) is 16.9 Å². The molecular weight excluding hydrogens is 276 g/mol. The average molecular weight is 298 g/mol. The molecule has 3 N–H and O–H groups in total. The van der Waals surface area contributed by atoms with Crippen molar-refractivity contribution < 1.29 is 8.42 Å². The molecule has 0 aliphatic carbocycles. The summed E-state index contributed by atoms with van der Waals surface area (Å²) in [5.74, 6) is 1.95. The lowest BCUT2D eigenvalue weighted by Crippen LogP contribution is -2.36. The summed E-state index contributed by atoms with van der Waals surface area (Å²) in [5.41, 5.74) is 5.11. The second-order valence-corrected chi connectivity index (χ2v) is 8.96. The molecule has 0 saturated carbocycles. The Hall–Kier alpha value is -1.37. The van der Waals surface area contributed by atoms with Crippen LogP contribution in [0.25, 0.3) is 0 Å². The van der Waals surface area contributed by atoms with Gasteiger partial charge in [-0.25, -0.2) is 18.4 Å². The number of nitrogens with two attached hydrogens (primary N) is 1. The minimum absolute atomic E-state index is 0.120. The number of hydrogen-bond acceptors (Lipinski definition) is 6. The monoisotopic (exact) mass is 298 g/mol. The minimum atomic E-state index is -2.96. The zero-order valence-electron chi connectivity index (χ0n) is 12.4. The van der Waals surface area contributed by atoms with Crippen LogP contribution in [-0.2, 0) is 15.3 Å². The zero-order valence-corrected chi connectivity index (χ0v) is 13.2. The highest BCUT2D eigenvalue weighted by molar-refractivity contribution is 7.91. The van der Waals surface area contributed by atoms with E-state index in [9.17, 15) is 8.42 Å². The van der Waals surface area contributed by atoms with Gasteiger partial charge < -0.3 is 11.1 Å². The van der Waals surface area contributed by atoms with Gasteiger partial charge in [0, 0.05) is 11.5 Å². The fraction of sp³-hybridized carbons (Fsp3) is 0.692. The van der Waals surface area contributed by atoms with Crippen molar-refractivity contribution in [3.05, 3.63) is 11.9 Å². The van der Waals surface area contributed by atoms with Gasteiger partial charge in [0.2, 0.25) is 0 Å². The Bertz CT molecular complexity index is 622. The van der Waals surface area contributed by atoms with Crippen molar-refractivity contribution in [1.82, 2.24) is 9.97 Å². The normalized spacial score (nSPS) is 25.6. The first-order valence-electron chi connectivity index (χ1n) is 6.63. The Kier molecular flexibility index (Phi) is 3.44. The molecule has 1 aliphatic rings. The number of rotatable bonds is 2. The van der Waals surface area contributed by atoms with Crippen molar-refractivity contribution in [2.24, 2.45) is 0 Å². The van der Waals surface area contributed by atoms with Gasteiger partial charge in [0.05, 0.1) is 17.0 Å². The molecule has 2 rings (SSSR count). The molecule has 7 heteroatoms. The summed E-state index contributed by atoms with van der Waals surface area (Å²) in [7, 11) is -2.96. The van der Waals surface area contributed by atoms with Crippen LogP contribution in [0.5, 0.6) is 0 Å². The maximum Gasteiger partial charge on any atom is 0.152 e. The Morgan fingerprint density at radius 3 is 2.50 bits per heavy atom. The Balaban J connectivity index is 2.29. The van der Waals surface area contributed by atoms with E-state index in [2.05, 4.69) is 15.3 Å². The van der Waals surface area contributed by atoms with Gasteiger partial charge in [-0.2, -0.15) is 0 Å². The van der Waals surface area contributed by atoms with Crippen molar-refractivity contribution in [2.75, 3.05) is 22.6 Å². The molecule has 1 aromatic rings. The standard InChI is InChI=1S/C13H22N4O2S/c1-12(2,3)11-15-9(14)7-10(16-11)17-13(4)5-6-20(18,19)8-13/h7H,5-6,8H2,1-4H3,(H3,14,15,16,17). The van der Waals surface area contributed by atoms with Crippen LogP contribution in [0.1, 0.15) is 39.9 Å². The van der Waals surface area contributed by atoms with Gasteiger partial charge in [-0.05, 0) is 13.3 Å². The van der Waals surface area contributed by atoms with Crippen molar-refractivity contribution >= 4 is 21.5 Å². The number of anilines is 2. The maximum atomic E-state index is 11.6. The largest absolute Gasteiger partial charge is 0.384 e. The molecule has 0 aromatic carbocycles. The summed E-state index contributed by atoms with van der Waals surface area (Å²) in [5, 5.41) is 3.22. The molecule has 0 spiro atoms. The van der Waals surface area contributed by atoms with E-state index in [1.54, 1.807) is 6.07 Å². The van der Waals surface area contributed by atoms with Gasteiger partial charge in [-0.3, -0.25) is 0 Å². The summed E-state index contributed by atoms with van der Waals surface area (Å²) < 4.78 is 23.3. The lowest BCUT2D eigenvalue weighted by molar-refractivity contribution is 0.540. The van der Waals surface area contributed by atoms with Crippen molar-refractivity contribution in [2.45, 2.75) is 45.1 Å². The smallest absolute Gasteiger partial charge is 0.152 e. The molecule has 0 bridgehead atoms. The van der Waals surface area contributed by atoms with Gasteiger partial charge >= 0.3 is 0 Å². The predicted octanol–water partition coefficient (Wildman–Crippen LogP) is 1.35. The molecule has 1 unspecified atom stereocenters. The van der Waals surface area contributed by atoms with Gasteiger partial charge in [0.15, 0.2) is 9.84 Å². The van der Waals surface area contributed by atoms with Gasteiger partial charge in [0.25, 0.3) is 0 Å². The van der Waals surface area contributed by atoms with E-state index in [1.807, 2.05) is 27.7 Å². The van der Waals surface area contributed by atoms with Crippen molar-refractivity contribution in [1.29, 1.82) is 0 Å². The summed E-state index contributed by atoms with van der Waals surface area (Å²) >= 11 is 0. The fourth-order valence-corrected chi connectivity index (χ4v) is 4.38. The number of nitrogen functional groups attached to an aromatic ring is 1. The second-order valence-electron chi connectivity index (χ2n) is 6.78. The SMILES string of the molecule is CC1(Nc2cc(N)nc(C(C)(C)C)n2)CCS(=O)(=O)C1. The molecule has 6 nitrogen and oxygen atoms in total.